The summed E-state index contributed by atoms with van der Waals surface area (Å²) in [5.74, 6) is -1.63. The molecule has 174 valence electrons. The fraction of sp³-hybridized carbons (Fsp3) is 0.217. The van der Waals surface area contributed by atoms with Crippen molar-refractivity contribution in [2.24, 2.45) is 7.05 Å². The molecule has 33 heavy (non-hydrogen) atoms. The van der Waals surface area contributed by atoms with Crippen LogP contribution in [0.4, 0.5) is 5.69 Å². The maximum absolute atomic E-state index is 13.5. The molecule has 0 spiro atoms. The molecule has 0 fully saturated rings. The van der Waals surface area contributed by atoms with Gasteiger partial charge in [0.25, 0.3) is 10.0 Å². The molecule has 0 unspecified atom stereocenters. The Hall–Kier alpha value is -3.30. The van der Waals surface area contributed by atoms with Crippen LogP contribution in [0.5, 0.6) is 0 Å². The number of carboxylic acids is 1. The first-order valence-electron chi connectivity index (χ1n) is 10.0. The van der Waals surface area contributed by atoms with Gasteiger partial charge in [-0.1, -0.05) is 35.4 Å². The molecule has 8 nitrogen and oxygen atoms in total. The Kier molecular flexibility index (Phi) is 7.14. The van der Waals surface area contributed by atoms with E-state index in [-0.39, 0.29) is 17.1 Å². The van der Waals surface area contributed by atoms with Crippen molar-refractivity contribution in [3.05, 3.63) is 82.1 Å². The summed E-state index contributed by atoms with van der Waals surface area (Å²) in [5.41, 5.74) is 2.37. The van der Waals surface area contributed by atoms with Gasteiger partial charge in [-0.15, -0.1) is 0 Å². The highest BCUT2D eigenvalue weighted by Gasteiger charge is 2.28. The number of sulfonamides is 1. The quantitative estimate of drug-likeness (QED) is 0.503. The van der Waals surface area contributed by atoms with Crippen molar-refractivity contribution >= 4 is 39.2 Å². The number of hydrogen-bond donors (Lipinski definition) is 2. The number of anilines is 1. The number of halogens is 1. The van der Waals surface area contributed by atoms with Crippen molar-refractivity contribution < 1.29 is 23.1 Å². The normalized spacial score (nSPS) is 11.3. The molecule has 1 heterocycles. The van der Waals surface area contributed by atoms with Gasteiger partial charge in [0.05, 0.1) is 17.1 Å². The number of aryl methyl sites for hydroxylation is 1. The Bertz CT molecular complexity index is 1300. The van der Waals surface area contributed by atoms with Crippen LogP contribution in [-0.2, 0) is 28.4 Å². The molecule has 0 saturated heterocycles. The molecule has 1 aromatic heterocycles. The van der Waals surface area contributed by atoms with Gasteiger partial charge < -0.3 is 15.0 Å². The number of nitrogens with one attached hydrogen (secondary N) is 1. The minimum atomic E-state index is -4.07. The number of hydrogen-bond acceptors (Lipinski definition) is 4. The minimum Gasteiger partial charge on any atom is -0.477 e. The fourth-order valence-electron chi connectivity index (χ4n) is 3.32. The standard InChI is InChI=1S/C23H24ClN3O5S/c1-15-7-10-18(11-8-15)33(31,32)27(20-6-4-5-19(24)16(20)2)14-22(28)25-13-17-9-12-21(23(29)30)26(17)3/h4-12H,13-14H2,1-3H3,(H,25,28)(H,29,30). The van der Waals surface area contributed by atoms with Crippen molar-refractivity contribution in [1.82, 2.24) is 9.88 Å². The third kappa shape index (κ3) is 5.20. The van der Waals surface area contributed by atoms with E-state index in [1.54, 1.807) is 50.4 Å². The van der Waals surface area contributed by atoms with E-state index in [4.69, 9.17) is 11.6 Å². The fourth-order valence-corrected chi connectivity index (χ4v) is 4.97. The van der Waals surface area contributed by atoms with Crippen LogP contribution >= 0.6 is 11.6 Å². The summed E-state index contributed by atoms with van der Waals surface area (Å²) in [7, 11) is -2.49. The van der Waals surface area contributed by atoms with Crippen LogP contribution < -0.4 is 9.62 Å². The molecule has 10 heteroatoms. The summed E-state index contributed by atoms with van der Waals surface area (Å²) in [6, 6.07) is 14.2. The van der Waals surface area contributed by atoms with Crippen LogP contribution in [0.3, 0.4) is 0 Å². The van der Waals surface area contributed by atoms with E-state index in [2.05, 4.69) is 5.32 Å². The molecule has 0 saturated carbocycles. The molecule has 3 rings (SSSR count). The third-order valence-electron chi connectivity index (χ3n) is 5.32. The van der Waals surface area contributed by atoms with Gasteiger partial charge >= 0.3 is 5.97 Å². The second-order valence-corrected chi connectivity index (χ2v) is 9.83. The van der Waals surface area contributed by atoms with Crippen LogP contribution in [-0.4, -0.2) is 36.5 Å². The Balaban J connectivity index is 1.90. The summed E-state index contributed by atoms with van der Waals surface area (Å²) in [6.45, 7) is 3.09. The maximum Gasteiger partial charge on any atom is 0.352 e. The number of nitrogens with zero attached hydrogens (tertiary/aromatic N) is 2. The second kappa shape index (κ2) is 9.68. The predicted molar refractivity (Wildman–Crippen MR) is 126 cm³/mol. The lowest BCUT2D eigenvalue weighted by Crippen LogP contribution is -2.41. The highest BCUT2D eigenvalue weighted by molar-refractivity contribution is 7.92. The molecule has 0 radical (unpaired) electrons. The largest absolute Gasteiger partial charge is 0.477 e. The minimum absolute atomic E-state index is 0.0373. The van der Waals surface area contributed by atoms with Gasteiger partial charge in [0, 0.05) is 17.8 Å². The first-order chi connectivity index (χ1) is 15.5. The zero-order chi connectivity index (χ0) is 24.3. The molecule has 0 aliphatic carbocycles. The van der Waals surface area contributed by atoms with Crippen LogP contribution in [0.25, 0.3) is 0 Å². The summed E-state index contributed by atoms with van der Waals surface area (Å²) < 4.78 is 29.4. The number of aromatic carboxylic acids is 1. The lowest BCUT2D eigenvalue weighted by Gasteiger charge is -2.26. The monoisotopic (exact) mass is 489 g/mol. The van der Waals surface area contributed by atoms with Crippen molar-refractivity contribution in [3.63, 3.8) is 0 Å². The topological polar surface area (TPSA) is 109 Å². The van der Waals surface area contributed by atoms with Crippen molar-refractivity contribution in [2.75, 3.05) is 10.8 Å². The zero-order valence-electron chi connectivity index (χ0n) is 18.4. The third-order valence-corrected chi connectivity index (χ3v) is 7.50. The smallest absolute Gasteiger partial charge is 0.352 e. The number of carbonyl (C=O) groups is 2. The lowest BCUT2D eigenvalue weighted by molar-refractivity contribution is -0.119. The molecule has 0 atom stereocenters. The zero-order valence-corrected chi connectivity index (χ0v) is 19.9. The second-order valence-electron chi connectivity index (χ2n) is 7.56. The highest BCUT2D eigenvalue weighted by Crippen LogP contribution is 2.30. The lowest BCUT2D eigenvalue weighted by atomic mass is 10.2. The van der Waals surface area contributed by atoms with Crippen LogP contribution in [0.15, 0.2) is 59.5 Å². The molecule has 3 aromatic rings. The van der Waals surface area contributed by atoms with Crippen molar-refractivity contribution in [2.45, 2.75) is 25.3 Å². The van der Waals surface area contributed by atoms with Crippen molar-refractivity contribution in [1.29, 1.82) is 0 Å². The van der Waals surface area contributed by atoms with Gasteiger partial charge in [-0.25, -0.2) is 13.2 Å². The van der Waals surface area contributed by atoms with E-state index in [1.807, 2.05) is 6.92 Å². The molecule has 0 aliphatic rings. The Morgan fingerprint density at radius 2 is 1.73 bits per heavy atom. The van der Waals surface area contributed by atoms with Crippen molar-refractivity contribution in [3.8, 4) is 0 Å². The van der Waals surface area contributed by atoms with Gasteiger partial charge in [-0.3, -0.25) is 9.10 Å². The van der Waals surface area contributed by atoms with Gasteiger partial charge in [-0.05, 0) is 55.8 Å². The van der Waals surface area contributed by atoms with E-state index in [0.717, 1.165) is 9.87 Å². The molecular weight excluding hydrogens is 466 g/mol. The summed E-state index contributed by atoms with van der Waals surface area (Å²) in [4.78, 5) is 24.1. The van der Waals surface area contributed by atoms with E-state index in [9.17, 15) is 23.1 Å². The Morgan fingerprint density at radius 1 is 1.06 bits per heavy atom. The summed E-state index contributed by atoms with van der Waals surface area (Å²) in [6.07, 6.45) is 0. The Labute approximate surface area is 197 Å². The van der Waals surface area contributed by atoms with E-state index < -0.39 is 28.4 Å². The number of carboxylic acid groups (broad SMARTS) is 1. The van der Waals surface area contributed by atoms with E-state index >= 15 is 0 Å². The van der Waals surface area contributed by atoms with Crippen LogP contribution in [0.1, 0.15) is 27.3 Å². The molecule has 0 aliphatic heterocycles. The first-order valence-corrected chi connectivity index (χ1v) is 11.8. The first kappa shape index (κ1) is 24.3. The molecule has 2 aromatic carbocycles. The van der Waals surface area contributed by atoms with E-state index in [1.165, 1.54) is 22.8 Å². The van der Waals surface area contributed by atoms with Gasteiger partial charge in [0.2, 0.25) is 5.91 Å². The SMILES string of the molecule is Cc1ccc(S(=O)(=O)N(CC(=O)NCc2ccc(C(=O)O)n2C)c2cccc(Cl)c2C)cc1. The predicted octanol–water partition coefficient (Wildman–Crippen LogP) is 3.51. The highest BCUT2D eigenvalue weighted by atomic mass is 35.5. The number of rotatable bonds is 8. The van der Waals surface area contributed by atoms with Crippen LogP contribution in [0, 0.1) is 13.8 Å². The Morgan fingerprint density at radius 3 is 2.33 bits per heavy atom. The molecular formula is C23H24ClN3O5S. The molecule has 2 N–H and O–H groups in total. The van der Waals surface area contributed by atoms with E-state index in [0.29, 0.717) is 22.0 Å². The summed E-state index contributed by atoms with van der Waals surface area (Å²) in [5, 5.41) is 12.2. The number of carbonyl (C=O) groups excluding carboxylic acids is 1. The average Bonchev–Trinajstić information content (AvgIpc) is 3.13. The van der Waals surface area contributed by atoms with Gasteiger partial charge in [-0.2, -0.15) is 0 Å². The molecule has 0 bridgehead atoms. The maximum atomic E-state index is 13.5. The number of amides is 1. The number of benzene rings is 2. The summed E-state index contributed by atoms with van der Waals surface area (Å²) >= 11 is 6.23. The average molecular weight is 490 g/mol. The number of aromatic nitrogens is 1. The van der Waals surface area contributed by atoms with Crippen LogP contribution in [0.2, 0.25) is 5.02 Å². The van der Waals surface area contributed by atoms with Gasteiger partial charge in [0.1, 0.15) is 12.2 Å². The molecule has 1 amide bonds. The van der Waals surface area contributed by atoms with Gasteiger partial charge in [0.15, 0.2) is 0 Å².